The summed E-state index contributed by atoms with van der Waals surface area (Å²) in [7, 11) is 0. The van der Waals surface area contributed by atoms with Crippen LogP contribution < -0.4 is 15.5 Å². The van der Waals surface area contributed by atoms with Gasteiger partial charge >= 0.3 is 0 Å². The van der Waals surface area contributed by atoms with Gasteiger partial charge in [-0.05, 0) is 61.1 Å². The number of anilines is 3. The number of piperidine rings is 1. The highest BCUT2D eigenvalue weighted by Crippen LogP contribution is 2.44. The highest BCUT2D eigenvalue weighted by Gasteiger charge is 2.45. The number of aryl methyl sites for hydroxylation is 1. The molecule has 3 fully saturated rings. The molecule has 5 rings (SSSR count). The van der Waals surface area contributed by atoms with E-state index in [1.54, 1.807) is 0 Å². The van der Waals surface area contributed by atoms with E-state index in [9.17, 15) is 0 Å². The summed E-state index contributed by atoms with van der Waals surface area (Å²) in [6.45, 7) is 10.4. The molecule has 0 unspecified atom stereocenters. The molecular weight excluding hydrogens is 306 g/mol. The average molecular weight is 335 g/mol. The van der Waals surface area contributed by atoms with Crippen molar-refractivity contribution in [3.63, 3.8) is 0 Å². The minimum atomic E-state index is 0.316. The van der Waals surface area contributed by atoms with E-state index in [1.807, 2.05) is 12.1 Å². The van der Waals surface area contributed by atoms with Gasteiger partial charge in [-0.1, -0.05) is 31.5 Å². The Morgan fingerprint density at radius 3 is 2.20 bits per heavy atom. The van der Waals surface area contributed by atoms with Gasteiger partial charge in [-0.15, -0.1) is 0 Å². The Hall–Kier alpha value is -2.16. The fraction of sp³-hybridized carbons (Fsp3) is 0.455. The second-order valence-corrected chi connectivity index (χ2v) is 8.56. The van der Waals surface area contributed by atoms with Gasteiger partial charge in [0.15, 0.2) is 0 Å². The number of benzene rings is 2. The van der Waals surface area contributed by atoms with Gasteiger partial charge in [0.2, 0.25) is 0 Å². The smallest absolute Gasteiger partial charge is 0.0516 e. The van der Waals surface area contributed by atoms with Crippen LogP contribution in [0.2, 0.25) is 0 Å². The molecule has 2 atom stereocenters. The van der Waals surface area contributed by atoms with Crippen molar-refractivity contribution in [2.45, 2.75) is 33.2 Å². The van der Waals surface area contributed by atoms with Crippen molar-refractivity contribution < 1.29 is 0 Å². The summed E-state index contributed by atoms with van der Waals surface area (Å²) in [6.07, 6.45) is 1.30. The first-order chi connectivity index (χ1) is 11.9. The molecule has 2 N–H and O–H groups in total. The largest absolute Gasteiger partial charge is 0.399 e. The van der Waals surface area contributed by atoms with E-state index in [2.05, 4.69) is 67.0 Å². The number of nitrogens with two attached hydrogens (primary N) is 1. The van der Waals surface area contributed by atoms with Gasteiger partial charge in [-0.25, -0.2) is 0 Å². The van der Waals surface area contributed by atoms with E-state index in [0.717, 1.165) is 25.3 Å². The second-order valence-electron chi connectivity index (χ2n) is 8.56. The van der Waals surface area contributed by atoms with E-state index in [4.69, 9.17) is 5.73 Å². The monoisotopic (exact) mass is 335 g/mol. The molecule has 3 aliphatic rings. The van der Waals surface area contributed by atoms with Crippen LogP contribution in [0.15, 0.2) is 48.5 Å². The van der Waals surface area contributed by atoms with Crippen molar-refractivity contribution in [3.05, 3.63) is 54.1 Å². The predicted molar refractivity (Wildman–Crippen MR) is 107 cm³/mol. The first-order valence-electron chi connectivity index (χ1n) is 9.36. The number of hydrogen-bond acceptors (Lipinski definition) is 3. The second kappa shape index (κ2) is 5.98. The van der Waals surface area contributed by atoms with Crippen molar-refractivity contribution in [1.82, 2.24) is 0 Å². The van der Waals surface area contributed by atoms with Gasteiger partial charge in [0.25, 0.3) is 0 Å². The molecule has 3 saturated heterocycles. The molecule has 3 nitrogen and oxygen atoms in total. The van der Waals surface area contributed by atoms with E-state index in [-0.39, 0.29) is 0 Å². The van der Waals surface area contributed by atoms with Crippen LogP contribution in [-0.4, -0.2) is 25.7 Å². The Bertz CT molecular complexity index is 731. The molecule has 25 heavy (non-hydrogen) atoms. The Balaban J connectivity index is 1.67. The molecule has 0 aromatic heterocycles. The average Bonchev–Trinajstić information content (AvgIpc) is 2.83. The Labute approximate surface area is 151 Å². The molecule has 132 valence electrons. The minimum absolute atomic E-state index is 0.316. The van der Waals surface area contributed by atoms with E-state index in [1.165, 1.54) is 23.4 Å². The summed E-state index contributed by atoms with van der Waals surface area (Å²) in [5.41, 5.74) is 11.0. The van der Waals surface area contributed by atoms with Gasteiger partial charge in [0, 0.05) is 36.7 Å². The Morgan fingerprint density at radius 2 is 1.52 bits per heavy atom. The maximum Gasteiger partial charge on any atom is 0.0516 e. The van der Waals surface area contributed by atoms with Crippen molar-refractivity contribution in [2.75, 3.05) is 35.2 Å². The zero-order valence-electron chi connectivity index (χ0n) is 15.6. The quantitative estimate of drug-likeness (QED) is 0.830. The summed E-state index contributed by atoms with van der Waals surface area (Å²) in [5.74, 6) is 0.688. The number of hydrogen-bond donors (Lipinski definition) is 1. The lowest BCUT2D eigenvalue weighted by atomic mass is 9.73. The first-order valence-corrected chi connectivity index (χ1v) is 9.36. The molecule has 0 amide bonds. The van der Waals surface area contributed by atoms with Crippen LogP contribution in [0.1, 0.15) is 25.8 Å². The van der Waals surface area contributed by atoms with Gasteiger partial charge < -0.3 is 15.5 Å². The van der Waals surface area contributed by atoms with Crippen LogP contribution in [0.4, 0.5) is 17.1 Å². The molecule has 2 aromatic rings. The SMILES string of the molecule is Cc1ccc(N2C[C@H]3CN(c4ccc(N)cc4)C[C@@H]2C(C)(C)C3)cc1. The number of fused-ring (bicyclic) bond motifs is 4. The summed E-state index contributed by atoms with van der Waals surface area (Å²) >= 11 is 0. The third kappa shape index (κ3) is 3.08. The molecule has 0 saturated carbocycles. The number of nitrogens with zero attached hydrogens (tertiary/aromatic N) is 2. The third-order valence-corrected chi connectivity index (χ3v) is 6.04. The van der Waals surface area contributed by atoms with Gasteiger partial charge in [0.1, 0.15) is 0 Å². The molecule has 0 spiro atoms. The summed E-state index contributed by atoms with van der Waals surface area (Å²) in [6, 6.07) is 17.9. The van der Waals surface area contributed by atoms with Crippen LogP contribution in [0.25, 0.3) is 0 Å². The normalized spacial score (nSPS) is 25.1. The lowest BCUT2D eigenvalue weighted by Crippen LogP contribution is -2.53. The molecule has 2 aromatic carbocycles. The van der Waals surface area contributed by atoms with E-state index < -0.39 is 0 Å². The lowest BCUT2D eigenvalue weighted by molar-refractivity contribution is 0.192. The molecule has 2 bridgehead atoms. The van der Waals surface area contributed by atoms with Gasteiger partial charge in [-0.2, -0.15) is 0 Å². The van der Waals surface area contributed by atoms with Gasteiger partial charge in [0.05, 0.1) is 6.04 Å². The van der Waals surface area contributed by atoms with Crippen LogP contribution in [0, 0.1) is 18.3 Å². The van der Waals surface area contributed by atoms with Crippen LogP contribution >= 0.6 is 0 Å². The van der Waals surface area contributed by atoms with E-state index >= 15 is 0 Å². The Kier molecular flexibility index (Phi) is 3.90. The van der Waals surface area contributed by atoms with Crippen molar-refractivity contribution >= 4 is 17.1 Å². The maximum atomic E-state index is 5.88. The molecule has 3 heteroatoms. The van der Waals surface area contributed by atoms with Gasteiger partial charge in [-0.3, -0.25) is 0 Å². The summed E-state index contributed by atoms with van der Waals surface area (Å²) in [5, 5.41) is 0. The highest BCUT2D eigenvalue weighted by atomic mass is 15.3. The maximum absolute atomic E-state index is 5.88. The third-order valence-electron chi connectivity index (χ3n) is 6.04. The van der Waals surface area contributed by atoms with Crippen LogP contribution in [-0.2, 0) is 0 Å². The highest BCUT2D eigenvalue weighted by molar-refractivity contribution is 5.56. The Morgan fingerprint density at radius 1 is 0.880 bits per heavy atom. The fourth-order valence-electron chi connectivity index (χ4n) is 4.75. The van der Waals surface area contributed by atoms with E-state index in [0.29, 0.717) is 17.4 Å². The van der Waals surface area contributed by atoms with Crippen molar-refractivity contribution in [1.29, 1.82) is 0 Å². The number of nitrogen functional groups attached to an aromatic ring is 1. The van der Waals surface area contributed by atoms with Crippen molar-refractivity contribution in [2.24, 2.45) is 11.3 Å². The zero-order chi connectivity index (χ0) is 17.6. The van der Waals surface area contributed by atoms with Crippen LogP contribution in [0.3, 0.4) is 0 Å². The first kappa shape index (κ1) is 16.3. The zero-order valence-corrected chi connectivity index (χ0v) is 15.6. The lowest BCUT2D eigenvalue weighted by Gasteiger charge is -2.48. The standard InChI is InChI=1S/C22H29N3/c1-16-4-8-20(9-5-16)25-14-17-12-22(2,3)21(25)15-24(13-17)19-10-6-18(23)7-11-19/h4-11,17,21H,12-15,23H2,1-3H3/t17-,21-/m1/s1. The van der Waals surface area contributed by atoms with Crippen molar-refractivity contribution in [3.8, 4) is 0 Å². The minimum Gasteiger partial charge on any atom is -0.399 e. The summed E-state index contributed by atoms with van der Waals surface area (Å²) < 4.78 is 0. The molecule has 0 aliphatic carbocycles. The molecule has 3 heterocycles. The molecule has 3 aliphatic heterocycles. The fourth-order valence-corrected chi connectivity index (χ4v) is 4.75. The molecular formula is C22H29N3. The number of rotatable bonds is 2. The predicted octanol–water partition coefficient (Wildman–Crippen LogP) is 4.32. The van der Waals surface area contributed by atoms with Crippen LogP contribution in [0.5, 0.6) is 0 Å². The topological polar surface area (TPSA) is 32.5 Å². The summed E-state index contributed by atoms with van der Waals surface area (Å²) in [4.78, 5) is 5.22. The molecule has 0 radical (unpaired) electrons.